The van der Waals surface area contributed by atoms with Crippen LogP contribution < -0.4 is 9.80 Å². The number of hydrogen-bond acceptors (Lipinski definition) is 4. The van der Waals surface area contributed by atoms with E-state index in [2.05, 4.69) is 15.1 Å². The molecule has 0 saturated carbocycles. The van der Waals surface area contributed by atoms with Crippen LogP contribution in [0.2, 0.25) is 0 Å². The Kier molecular flexibility index (Phi) is 3.88. The number of amides is 1. The van der Waals surface area contributed by atoms with Gasteiger partial charge >= 0.3 is 0 Å². The molecule has 0 unspecified atom stereocenters. The van der Waals surface area contributed by atoms with E-state index < -0.39 is 0 Å². The predicted octanol–water partition coefficient (Wildman–Crippen LogP) is 2.81. The number of rotatable bonds is 2. The molecule has 2 aliphatic heterocycles. The van der Waals surface area contributed by atoms with Gasteiger partial charge in [0.2, 0.25) is 0 Å². The summed E-state index contributed by atoms with van der Waals surface area (Å²) in [6.45, 7) is 2.55. The zero-order valence-corrected chi connectivity index (χ0v) is 13.4. The van der Waals surface area contributed by atoms with Gasteiger partial charge in [-0.1, -0.05) is 6.07 Å². The molecule has 0 N–H and O–H groups in total. The molecule has 0 aliphatic carbocycles. The number of carbonyl (C=O) groups is 1. The molecule has 0 radical (unpaired) electrons. The van der Waals surface area contributed by atoms with Crippen molar-refractivity contribution >= 4 is 17.4 Å². The first-order valence-electron chi connectivity index (χ1n) is 8.41. The third kappa shape index (κ3) is 2.72. The van der Waals surface area contributed by atoms with Crippen molar-refractivity contribution in [2.75, 3.05) is 29.4 Å². The van der Waals surface area contributed by atoms with Gasteiger partial charge in [0, 0.05) is 19.6 Å². The molecule has 6 heteroatoms. The second kappa shape index (κ2) is 6.19. The van der Waals surface area contributed by atoms with Gasteiger partial charge in [-0.2, -0.15) is 0 Å². The second-order valence-electron chi connectivity index (χ2n) is 6.30. The summed E-state index contributed by atoms with van der Waals surface area (Å²) < 4.78 is 13.6. The molecule has 0 atom stereocenters. The molecule has 5 nitrogen and oxygen atoms in total. The van der Waals surface area contributed by atoms with E-state index in [1.807, 2.05) is 6.07 Å². The van der Waals surface area contributed by atoms with Crippen molar-refractivity contribution in [1.82, 2.24) is 10.2 Å². The maximum Gasteiger partial charge on any atom is 0.278 e. The summed E-state index contributed by atoms with van der Waals surface area (Å²) >= 11 is 0. The standard InChI is InChI=1S/C18H19FN4O/c19-14-6-5-13-4-3-11-23(16(13)12-14)18(24)15-7-8-17(21-20-15)22-9-1-2-10-22/h5-8,12H,1-4,9-11H2. The fourth-order valence-corrected chi connectivity index (χ4v) is 3.45. The first-order valence-corrected chi connectivity index (χ1v) is 8.41. The number of fused-ring (bicyclic) bond motifs is 1. The molecule has 1 aromatic carbocycles. The maximum absolute atomic E-state index is 13.6. The van der Waals surface area contributed by atoms with Crippen molar-refractivity contribution in [2.45, 2.75) is 25.7 Å². The molecule has 1 aromatic heterocycles. The van der Waals surface area contributed by atoms with Gasteiger partial charge in [0.25, 0.3) is 5.91 Å². The summed E-state index contributed by atoms with van der Waals surface area (Å²) in [4.78, 5) is 16.6. The highest BCUT2D eigenvalue weighted by atomic mass is 19.1. The smallest absolute Gasteiger partial charge is 0.278 e. The van der Waals surface area contributed by atoms with Crippen molar-refractivity contribution in [3.05, 3.63) is 47.4 Å². The number of nitrogens with zero attached hydrogens (tertiary/aromatic N) is 4. The Morgan fingerprint density at radius 3 is 2.58 bits per heavy atom. The topological polar surface area (TPSA) is 49.3 Å². The van der Waals surface area contributed by atoms with Gasteiger partial charge in [0.1, 0.15) is 5.82 Å². The quantitative estimate of drug-likeness (QED) is 0.851. The van der Waals surface area contributed by atoms with Crippen LogP contribution in [0.3, 0.4) is 0 Å². The van der Waals surface area contributed by atoms with E-state index >= 15 is 0 Å². The van der Waals surface area contributed by atoms with E-state index in [9.17, 15) is 9.18 Å². The van der Waals surface area contributed by atoms with Crippen LogP contribution in [0.5, 0.6) is 0 Å². The third-order valence-corrected chi connectivity index (χ3v) is 4.71. The van der Waals surface area contributed by atoms with E-state index in [0.717, 1.165) is 37.3 Å². The summed E-state index contributed by atoms with van der Waals surface area (Å²) in [5.74, 6) is 0.264. The highest BCUT2D eigenvalue weighted by Crippen LogP contribution is 2.29. The highest BCUT2D eigenvalue weighted by molar-refractivity contribution is 6.05. The molecule has 2 aromatic rings. The molecule has 3 heterocycles. The lowest BCUT2D eigenvalue weighted by Gasteiger charge is -2.29. The third-order valence-electron chi connectivity index (χ3n) is 4.71. The normalized spacial score (nSPS) is 17.0. The molecule has 24 heavy (non-hydrogen) atoms. The predicted molar refractivity (Wildman–Crippen MR) is 89.9 cm³/mol. The fraction of sp³-hybridized carbons (Fsp3) is 0.389. The van der Waals surface area contributed by atoms with Crippen molar-refractivity contribution in [2.24, 2.45) is 0 Å². The van der Waals surface area contributed by atoms with E-state index in [0.29, 0.717) is 17.9 Å². The monoisotopic (exact) mass is 326 g/mol. The highest BCUT2D eigenvalue weighted by Gasteiger charge is 2.25. The molecule has 1 amide bonds. The molecule has 0 bridgehead atoms. The van der Waals surface area contributed by atoms with Gasteiger partial charge in [-0.25, -0.2) is 4.39 Å². The lowest BCUT2D eigenvalue weighted by atomic mass is 10.0. The summed E-state index contributed by atoms with van der Waals surface area (Å²) in [5, 5.41) is 8.32. The summed E-state index contributed by atoms with van der Waals surface area (Å²) in [5.41, 5.74) is 1.95. The van der Waals surface area contributed by atoms with Crippen LogP contribution in [0.4, 0.5) is 15.9 Å². The average Bonchev–Trinajstić information content (AvgIpc) is 3.15. The molecule has 0 spiro atoms. The summed E-state index contributed by atoms with van der Waals surface area (Å²) in [7, 11) is 0. The Morgan fingerprint density at radius 2 is 1.83 bits per heavy atom. The van der Waals surface area contributed by atoms with Gasteiger partial charge in [0.15, 0.2) is 11.5 Å². The van der Waals surface area contributed by atoms with Crippen LogP contribution in [-0.4, -0.2) is 35.7 Å². The molecule has 4 rings (SSSR count). The Hall–Kier alpha value is -2.50. The minimum Gasteiger partial charge on any atom is -0.355 e. The second-order valence-corrected chi connectivity index (χ2v) is 6.30. The number of aromatic nitrogens is 2. The zero-order valence-electron chi connectivity index (χ0n) is 13.4. The van der Waals surface area contributed by atoms with Crippen LogP contribution in [0.15, 0.2) is 30.3 Å². The molecule has 2 aliphatic rings. The number of aryl methyl sites for hydroxylation is 1. The Balaban J connectivity index is 1.59. The van der Waals surface area contributed by atoms with E-state index in [-0.39, 0.29) is 11.7 Å². The van der Waals surface area contributed by atoms with Crippen LogP contribution in [0.1, 0.15) is 35.3 Å². The lowest BCUT2D eigenvalue weighted by molar-refractivity contribution is 0.0979. The van der Waals surface area contributed by atoms with E-state index in [4.69, 9.17) is 0 Å². The Bertz CT molecular complexity index is 756. The van der Waals surface area contributed by atoms with Crippen LogP contribution in [-0.2, 0) is 6.42 Å². The van der Waals surface area contributed by atoms with Crippen molar-refractivity contribution in [1.29, 1.82) is 0 Å². The Morgan fingerprint density at radius 1 is 1.00 bits per heavy atom. The van der Waals surface area contributed by atoms with Gasteiger partial charge in [0.05, 0.1) is 5.69 Å². The first-order chi connectivity index (χ1) is 11.7. The maximum atomic E-state index is 13.6. The van der Waals surface area contributed by atoms with Crippen LogP contribution >= 0.6 is 0 Å². The number of halogens is 1. The minimum atomic E-state index is -0.330. The van der Waals surface area contributed by atoms with Crippen molar-refractivity contribution in [3.63, 3.8) is 0 Å². The van der Waals surface area contributed by atoms with Crippen LogP contribution in [0.25, 0.3) is 0 Å². The van der Waals surface area contributed by atoms with Gasteiger partial charge in [-0.15, -0.1) is 10.2 Å². The average molecular weight is 326 g/mol. The number of hydrogen-bond donors (Lipinski definition) is 0. The van der Waals surface area contributed by atoms with E-state index in [1.165, 1.54) is 25.0 Å². The SMILES string of the molecule is O=C(c1ccc(N2CCCC2)nn1)N1CCCc2ccc(F)cc21. The number of anilines is 2. The number of benzene rings is 1. The Labute approximate surface area is 140 Å². The summed E-state index contributed by atoms with van der Waals surface area (Å²) in [6.07, 6.45) is 4.06. The van der Waals surface area contributed by atoms with Crippen LogP contribution in [0, 0.1) is 5.82 Å². The largest absolute Gasteiger partial charge is 0.355 e. The molecule has 1 saturated heterocycles. The van der Waals surface area contributed by atoms with E-state index in [1.54, 1.807) is 17.0 Å². The molecular formula is C18H19FN4O. The molecule has 1 fully saturated rings. The van der Waals surface area contributed by atoms with Gasteiger partial charge in [-0.05, 0) is 55.5 Å². The number of carbonyl (C=O) groups excluding carboxylic acids is 1. The molecular weight excluding hydrogens is 307 g/mol. The van der Waals surface area contributed by atoms with Gasteiger partial charge in [-0.3, -0.25) is 4.79 Å². The van der Waals surface area contributed by atoms with Crippen molar-refractivity contribution < 1.29 is 9.18 Å². The minimum absolute atomic E-state index is 0.220. The fourth-order valence-electron chi connectivity index (χ4n) is 3.45. The lowest BCUT2D eigenvalue weighted by Crippen LogP contribution is -2.36. The first kappa shape index (κ1) is 15.1. The summed E-state index contributed by atoms with van der Waals surface area (Å²) in [6, 6.07) is 8.20. The van der Waals surface area contributed by atoms with Crippen molar-refractivity contribution in [3.8, 4) is 0 Å². The molecule has 124 valence electrons. The zero-order chi connectivity index (χ0) is 16.5. The van der Waals surface area contributed by atoms with Gasteiger partial charge < -0.3 is 9.80 Å².